The molecule has 0 spiro atoms. The molecule has 0 bridgehead atoms. The molecule has 0 fully saturated rings. The molecule has 8 heavy (non-hydrogen) atoms. The first-order valence-electron chi connectivity index (χ1n) is 2.57. The summed E-state index contributed by atoms with van der Waals surface area (Å²) in [6.45, 7) is 2.31. The van der Waals surface area contributed by atoms with E-state index in [4.69, 9.17) is 5.21 Å². The highest BCUT2D eigenvalue weighted by Crippen LogP contribution is 1.78. The van der Waals surface area contributed by atoms with Crippen LogP contribution in [0.2, 0.25) is 0 Å². The largest absolute Gasteiger partial charge is 0.308 e. The minimum Gasteiger partial charge on any atom is -0.308 e. The average Bonchev–Trinajstić information content (AvgIpc) is 1.90. The lowest BCUT2D eigenvalue weighted by molar-refractivity contribution is 0.230. The Morgan fingerprint density at radius 2 is 2.62 bits per heavy atom. The molecule has 4 nitrogen and oxygen atoms in total. The van der Waals surface area contributed by atoms with Gasteiger partial charge in [-0.2, -0.15) is 0 Å². The van der Waals surface area contributed by atoms with Gasteiger partial charge in [0.2, 0.25) is 0 Å². The van der Waals surface area contributed by atoms with Crippen LogP contribution in [0.15, 0.2) is 4.99 Å². The maximum atomic E-state index is 8.27. The first kappa shape index (κ1) is 5.53. The van der Waals surface area contributed by atoms with Gasteiger partial charge in [-0.05, 0) is 0 Å². The highest BCUT2D eigenvalue weighted by atomic mass is 16.5. The summed E-state index contributed by atoms with van der Waals surface area (Å²) in [5, 5.41) is 11.3. The zero-order valence-electron chi connectivity index (χ0n) is 4.52. The first-order valence-corrected chi connectivity index (χ1v) is 2.57. The van der Waals surface area contributed by atoms with Gasteiger partial charge in [-0.3, -0.25) is 15.7 Å². The van der Waals surface area contributed by atoms with Crippen LogP contribution in [0.4, 0.5) is 0 Å². The highest BCUT2D eigenvalue weighted by Gasteiger charge is 1.99. The van der Waals surface area contributed by atoms with Crippen LogP contribution in [0.3, 0.4) is 0 Å². The van der Waals surface area contributed by atoms with E-state index in [1.165, 1.54) is 0 Å². The second-order valence-electron chi connectivity index (χ2n) is 1.62. The van der Waals surface area contributed by atoms with Crippen molar-refractivity contribution in [3.05, 3.63) is 0 Å². The Kier molecular flexibility index (Phi) is 1.82. The predicted octanol–water partition coefficient (Wildman–Crippen LogP) is -1.03. The molecule has 1 rings (SSSR count). The van der Waals surface area contributed by atoms with E-state index in [0.29, 0.717) is 12.4 Å². The molecule has 0 saturated carbocycles. The summed E-state index contributed by atoms with van der Waals surface area (Å²) in [5.74, 6) is 0.622. The SMILES string of the molecule is ONC1=NCCNC1. The van der Waals surface area contributed by atoms with Crippen molar-refractivity contribution < 1.29 is 5.21 Å². The molecule has 3 N–H and O–H groups in total. The summed E-state index contributed by atoms with van der Waals surface area (Å²) < 4.78 is 0. The molecule has 0 amide bonds. The van der Waals surface area contributed by atoms with Gasteiger partial charge in [0.15, 0.2) is 0 Å². The predicted molar refractivity (Wildman–Crippen MR) is 30.1 cm³/mol. The van der Waals surface area contributed by atoms with E-state index in [-0.39, 0.29) is 0 Å². The van der Waals surface area contributed by atoms with Gasteiger partial charge in [0.05, 0.1) is 13.1 Å². The van der Waals surface area contributed by atoms with Crippen molar-refractivity contribution in [1.82, 2.24) is 10.8 Å². The number of hydroxylamine groups is 1. The van der Waals surface area contributed by atoms with Crippen molar-refractivity contribution in [3.63, 3.8) is 0 Å². The van der Waals surface area contributed by atoms with Crippen molar-refractivity contribution in [2.75, 3.05) is 19.6 Å². The number of aliphatic imine (C=N–C) groups is 1. The van der Waals surface area contributed by atoms with Gasteiger partial charge in [0.25, 0.3) is 0 Å². The zero-order valence-corrected chi connectivity index (χ0v) is 4.52. The minimum absolute atomic E-state index is 0.622. The van der Waals surface area contributed by atoms with Crippen molar-refractivity contribution >= 4 is 5.84 Å². The van der Waals surface area contributed by atoms with Crippen LogP contribution in [0.25, 0.3) is 0 Å². The molecule has 1 aliphatic heterocycles. The minimum atomic E-state index is 0.622. The fourth-order valence-corrected chi connectivity index (χ4v) is 0.607. The van der Waals surface area contributed by atoms with Crippen LogP contribution in [0.5, 0.6) is 0 Å². The van der Waals surface area contributed by atoms with E-state index >= 15 is 0 Å². The van der Waals surface area contributed by atoms with E-state index in [1.54, 1.807) is 0 Å². The molecule has 4 heteroatoms. The van der Waals surface area contributed by atoms with Gasteiger partial charge < -0.3 is 5.32 Å². The standard InChI is InChI=1S/C4H9N3O/c8-7-4-3-5-1-2-6-4/h5,8H,1-3H2,(H,6,7). The Hall–Kier alpha value is -0.610. The molecule has 0 radical (unpaired) electrons. The van der Waals surface area contributed by atoms with Crippen LogP contribution >= 0.6 is 0 Å². The molecule has 0 aliphatic carbocycles. The number of rotatable bonds is 0. The molecular formula is C4H9N3O. The third-order valence-corrected chi connectivity index (χ3v) is 1.01. The summed E-state index contributed by atoms with van der Waals surface area (Å²) in [6, 6.07) is 0. The van der Waals surface area contributed by atoms with Crippen LogP contribution in [-0.4, -0.2) is 30.7 Å². The maximum absolute atomic E-state index is 8.27. The number of hydrogen-bond donors (Lipinski definition) is 3. The molecule has 0 aromatic rings. The Balaban J connectivity index is 2.37. The van der Waals surface area contributed by atoms with Crippen molar-refractivity contribution in [2.24, 2.45) is 4.99 Å². The van der Waals surface area contributed by atoms with E-state index in [9.17, 15) is 0 Å². The van der Waals surface area contributed by atoms with Gasteiger partial charge in [-0.25, -0.2) is 0 Å². The zero-order chi connectivity index (χ0) is 5.82. The van der Waals surface area contributed by atoms with Gasteiger partial charge in [-0.1, -0.05) is 0 Å². The van der Waals surface area contributed by atoms with Crippen LogP contribution in [0, 0.1) is 0 Å². The van der Waals surface area contributed by atoms with Crippen LogP contribution in [0.1, 0.15) is 0 Å². The topological polar surface area (TPSA) is 56.6 Å². The van der Waals surface area contributed by atoms with Gasteiger partial charge >= 0.3 is 0 Å². The quantitative estimate of drug-likeness (QED) is 0.354. The summed E-state index contributed by atoms with van der Waals surface area (Å²) in [7, 11) is 0. The second kappa shape index (κ2) is 2.64. The Bertz CT molecular complexity index is 101. The third-order valence-electron chi connectivity index (χ3n) is 1.01. The highest BCUT2D eigenvalue weighted by molar-refractivity contribution is 5.83. The molecule has 0 aromatic carbocycles. The van der Waals surface area contributed by atoms with E-state index in [0.717, 1.165) is 13.1 Å². The molecule has 0 atom stereocenters. The van der Waals surface area contributed by atoms with E-state index in [2.05, 4.69) is 10.3 Å². The summed E-state index contributed by atoms with van der Waals surface area (Å²) in [4.78, 5) is 3.94. The van der Waals surface area contributed by atoms with Crippen molar-refractivity contribution in [1.29, 1.82) is 0 Å². The van der Waals surface area contributed by atoms with E-state index < -0.39 is 0 Å². The molecule has 1 heterocycles. The number of nitrogens with zero attached hydrogens (tertiary/aromatic N) is 1. The van der Waals surface area contributed by atoms with Gasteiger partial charge in [0, 0.05) is 6.54 Å². The lowest BCUT2D eigenvalue weighted by atomic mass is 10.4. The molecule has 0 saturated heterocycles. The molecule has 46 valence electrons. The van der Waals surface area contributed by atoms with Crippen LogP contribution in [-0.2, 0) is 0 Å². The number of amidine groups is 1. The molecule has 0 aromatic heterocycles. The second-order valence-corrected chi connectivity index (χ2v) is 1.62. The Morgan fingerprint density at radius 1 is 1.75 bits per heavy atom. The summed E-state index contributed by atoms with van der Waals surface area (Å²) in [5.41, 5.74) is 1.99. The average molecular weight is 115 g/mol. The summed E-state index contributed by atoms with van der Waals surface area (Å²) in [6.07, 6.45) is 0. The van der Waals surface area contributed by atoms with Crippen molar-refractivity contribution in [2.45, 2.75) is 0 Å². The molecular weight excluding hydrogens is 106 g/mol. The Labute approximate surface area is 47.6 Å². The Morgan fingerprint density at radius 3 is 3.00 bits per heavy atom. The lowest BCUT2D eigenvalue weighted by Crippen LogP contribution is -2.37. The first-order chi connectivity index (χ1) is 3.93. The summed E-state index contributed by atoms with van der Waals surface area (Å²) >= 11 is 0. The molecule has 1 aliphatic rings. The third kappa shape index (κ3) is 1.18. The fraction of sp³-hybridized carbons (Fsp3) is 0.750. The maximum Gasteiger partial charge on any atom is 0.134 e. The van der Waals surface area contributed by atoms with Gasteiger partial charge in [-0.15, -0.1) is 0 Å². The van der Waals surface area contributed by atoms with E-state index in [1.807, 2.05) is 5.48 Å². The monoisotopic (exact) mass is 115 g/mol. The number of nitrogens with one attached hydrogen (secondary N) is 2. The normalized spacial score (nSPS) is 19.9. The smallest absolute Gasteiger partial charge is 0.134 e. The number of hydrogen-bond acceptors (Lipinski definition) is 4. The lowest BCUT2D eigenvalue weighted by Gasteiger charge is -2.10. The molecule has 0 unspecified atom stereocenters. The van der Waals surface area contributed by atoms with Crippen LogP contribution < -0.4 is 10.8 Å². The fourth-order valence-electron chi connectivity index (χ4n) is 0.607. The van der Waals surface area contributed by atoms with Gasteiger partial charge in [0.1, 0.15) is 5.84 Å². The van der Waals surface area contributed by atoms with Crippen molar-refractivity contribution in [3.8, 4) is 0 Å².